The summed E-state index contributed by atoms with van der Waals surface area (Å²) >= 11 is 1.80. The minimum atomic E-state index is -0.234. The van der Waals surface area contributed by atoms with Gasteiger partial charge in [-0.25, -0.2) is 0 Å². The topological polar surface area (TPSA) is 41.4 Å². The van der Waals surface area contributed by atoms with Crippen LogP contribution < -0.4 is 0 Å². The van der Waals surface area contributed by atoms with Crippen LogP contribution in [0.15, 0.2) is 23.6 Å². The third kappa shape index (κ3) is 3.87. The molecule has 2 aromatic heterocycles. The van der Waals surface area contributed by atoms with Gasteiger partial charge in [-0.15, -0.1) is 11.3 Å². The molecule has 24 heavy (non-hydrogen) atoms. The van der Waals surface area contributed by atoms with Crippen molar-refractivity contribution in [2.75, 3.05) is 26.2 Å². The van der Waals surface area contributed by atoms with Crippen molar-refractivity contribution in [1.29, 1.82) is 0 Å². The number of hydrogen-bond donors (Lipinski definition) is 0. The molecule has 0 saturated carbocycles. The molecule has 2 aromatic rings. The van der Waals surface area contributed by atoms with Crippen molar-refractivity contribution >= 4 is 17.2 Å². The normalized spacial score (nSPS) is 17.7. The summed E-state index contributed by atoms with van der Waals surface area (Å²) in [5, 5.41) is 6.60. The number of nitrogens with zero attached hydrogens (tertiary/aromatic N) is 4. The van der Waals surface area contributed by atoms with Crippen LogP contribution in [-0.4, -0.2) is 51.7 Å². The quantitative estimate of drug-likeness (QED) is 0.855. The second-order valence-electron chi connectivity index (χ2n) is 6.58. The fourth-order valence-corrected chi connectivity index (χ4v) is 4.13. The summed E-state index contributed by atoms with van der Waals surface area (Å²) in [6.45, 7) is 10.5. The van der Waals surface area contributed by atoms with Crippen LogP contribution in [0.25, 0.3) is 0 Å². The molecule has 1 amide bonds. The number of thiophene rings is 1. The van der Waals surface area contributed by atoms with Crippen LogP contribution in [0.5, 0.6) is 0 Å². The van der Waals surface area contributed by atoms with Gasteiger partial charge >= 0.3 is 0 Å². The molecule has 5 nitrogen and oxygen atoms in total. The van der Waals surface area contributed by atoms with Gasteiger partial charge in [-0.05, 0) is 44.7 Å². The first-order valence-electron chi connectivity index (χ1n) is 8.61. The number of amides is 1. The number of rotatable bonds is 4. The molecule has 3 heterocycles. The Labute approximate surface area is 147 Å². The Bertz CT molecular complexity index is 679. The van der Waals surface area contributed by atoms with Crippen LogP contribution in [0.1, 0.15) is 35.7 Å². The van der Waals surface area contributed by atoms with E-state index < -0.39 is 0 Å². The van der Waals surface area contributed by atoms with Gasteiger partial charge in [0.1, 0.15) is 6.04 Å². The highest BCUT2D eigenvalue weighted by atomic mass is 32.1. The lowest BCUT2D eigenvalue weighted by Crippen LogP contribution is -2.39. The molecule has 1 saturated heterocycles. The van der Waals surface area contributed by atoms with Crippen LogP contribution in [0, 0.1) is 13.8 Å². The van der Waals surface area contributed by atoms with Crippen molar-refractivity contribution in [1.82, 2.24) is 19.6 Å². The van der Waals surface area contributed by atoms with Gasteiger partial charge in [0.25, 0.3) is 0 Å². The molecule has 1 atom stereocenters. The van der Waals surface area contributed by atoms with Crippen LogP contribution in [0.2, 0.25) is 0 Å². The summed E-state index contributed by atoms with van der Waals surface area (Å²) in [6, 6.07) is 6.07. The second kappa shape index (κ2) is 7.49. The average Bonchev–Trinajstić information content (AvgIpc) is 3.10. The van der Waals surface area contributed by atoms with Gasteiger partial charge in [-0.1, -0.05) is 6.07 Å². The zero-order valence-electron chi connectivity index (χ0n) is 14.7. The van der Waals surface area contributed by atoms with E-state index in [1.54, 1.807) is 11.3 Å². The van der Waals surface area contributed by atoms with Crippen molar-refractivity contribution in [3.05, 3.63) is 39.8 Å². The molecule has 1 aliphatic heterocycles. The lowest BCUT2D eigenvalue weighted by atomic mass is 10.2. The molecular weight excluding hydrogens is 320 g/mol. The fraction of sp³-hybridized carbons (Fsp3) is 0.556. The highest BCUT2D eigenvalue weighted by Crippen LogP contribution is 2.17. The maximum Gasteiger partial charge on any atom is 0.247 e. The molecule has 1 fully saturated rings. The number of carbonyl (C=O) groups is 1. The third-order valence-electron chi connectivity index (χ3n) is 4.63. The van der Waals surface area contributed by atoms with Crippen LogP contribution in [0.4, 0.5) is 0 Å². The van der Waals surface area contributed by atoms with Gasteiger partial charge in [0.2, 0.25) is 5.91 Å². The molecule has 1 unspecified atom stereocenters. The predicted molar refractivity (Wildman–Crippen MR) is 97.2 cm³/mol. The molecule has 0 aliphatic carbocycles. The van der Waals surface area contributed by atoms with Crippen molar-refractivity contribution < 1.29 is 4.79 Å². The number of hydrogen-bond acceptors (Lipinski definition) is 4. The zero-order chi connectivity index (χ0) is 17.1. The number of carbonyl (C=O) groups excluding carboxylic acids is 1. The molecule has 0 N–H and O–H groups in total. The monoisotopic (exact) mass is 346 g/mol. The Hall–Kier alpha value is -1.66. The number of aryl methyl sites for hydroxylation is 2. The summed E-state index contributed by atoms with van der Waals surface area (Å²) in [5.74, 6) is 0.180. The smallest absolute Gasteiger partial charge is 0.247 e. The molecule has 0 spiro atoms. The lowest BCUT2D eigenvalue weighted by Gasteiger charge is -2.25. The van der Waals surface area contributed by atoms with E-state index in [1.807, 2.05) is 36.4 Å². The van der Waals surface area contributed by atoms with Crippen molar-refractivity contribution in [3.63, 3.8) is 0 Å². The first kappa shape index (κ1) is 17.2. The maximum absolute atomic E-state index is 12.9. The molecule has 1 aliphatic rings. The molecule has 130 valence electrons. The van der Waals surface area contributed by atoms with Crippen LogP contribution >= 0.6 is 11.3 Å². The van der Waals surface area contributed by atoms with E-state index in [0.717, 1.165) is 50.5 Å². The lowest BCUT2D eigenvalue weighted by molar-refractivity contribution is -0.134. The van der Waals surface area contributed by atoms with Gasteiger partial charge in [0, 0.05) is 43.3 Å². The summed E-state index contributed by atoms with van der Waals surface area (Å²) in [6.07, 6.45) is 1.03. The van der Waals surface area contributed by atoms with Crippen LogP contribution in [0.3, 0.4) is 0 Å². The van der Waals surface area contributed by atoms with Crippen molar-refractivity contribution in [2.24, 2.45) is 0 Å². The summed E-state index contributed by atoms with van der Waals surface area (Å²) < 4.78 is 1.85. The van der Waals surface area contributed by atoms with Crippen molar-refractivity contribution in [3.8, 4) is 0 Å². The Morgan fingerprint density at radius 1 is 1.29 bits per heavy atom. The highest BCUT2D eigenvalue weighted by Gasteiger charge is 2.25. The third-order valence-corrected chi connectivity index (χ3v) is 5.49. The number of aromatic nitrogens is 2. The SMILES string of the molecule is Cc1cc(C)n(C(C)C(=O)N2CCCN(Cc3cccs3)CC2)n1. The summed E-state index contributed by atoms with van der Waals surface area (Å²) in [7, 11) is 0. The Morgan fingerprint density at radius 3 is 2.79 bits per heavy atom. The zero-order valence-corrected chi connectivity index (χ0v) is 15.6. The standard InChI is InChI=1S/C18H26N4OS/c1-14-12-15(2)22(19-14)16(3)18(23)21-8-5-7-20(9-10-21)13-17-6-4-11-24-17/h4,6,11-12,16H,5,7-10,13H2,1-3H3. The first-order chi connectivity index (χ1) is 11.5. The van der Waals surface area contributed by atoms with E-state index >= 15 is 0 Å². The molecule has 0 radical (unpaired) electrons. The summed E-state index contributed by atoms with van der Waals surface area (Å²) in [4.78, 5) is 18.7. The Kier molecular flexibility index (Phi) is 5.36. The molecule has 0 aromatic carbocycles. The van der Waals surface area contributed by atoms with Crippen molar-refractivity contribution in [2.45, 2.75) is 39.8 Å². The Morgan fingerprint density at radius 2 is 2.12 bits per heavy atom. The predicted octanol–water partition coefficient (Wildman–Crippen LogP) is 2.86. The van der Waals surface area contributed by atoms with E-state index in [9.17, 15) is 4.79 Å². The second-order valence-corrected chi connectivity index (χ2v) is 7.61. The molecule has 0 bridgehead atoms. The minimum Gasteiger partial charge on any atom is -0.340 e. The summed E-state index contributed by atoms with van der Waals surface area (Å²) in [5.41, 5.74) is 2.01. The average molecular weight is 347 g/mol. The molecule has 3 rings (SSSR count). The molecular formula is C18H26N4OS. The van der Waals surface area contributed by atoms with Gasteiger partial charge in [-0.2, -0.15) is 5.10 Å². The van der Waals surface area contributed by atoms with E-state index in [4.69, 9.17) is 0 Å². The van der Waals surface area contributed by atoms with E-state index in [1.165, 1.54) is 4.88 Å². The van der Waals surface area contributed by atoms with E-state index in [2.05, 4.69) is 27.5 Å². The van der Waals surface area contributed by atoms with E-state index in [-0.39, 0.29) is 11.9 Å². The molecule has 6 heteroatoms. The first-order valence-corrected chi connectivity index (χ1v) is 9.49. The minimum absolute atomic E-state index is 0.180. The largest absolute Gasteiger partial charge is 0.340 e. The van der Waals surface area contributed by atoms with Gasteiger partial charge in [-0.3, -0.25) is 14.4 Å². The van der Waals surface area contributed by atoms with Gasteiger partial charge in [0.15, 0.2) is 0 Å². The van der Waals surface area contributed by atoms with Crippen LogP contribution in [-0.2, 0) is 11.3 Å². The van der Waals surface area contributed by atoms with Gasteiger partial charge in [0.05, 0.1) is 5.69 Å². The maximum atomic E-state index is 12.9. The highest BCUT2D eigenvalue weighted by molar-refractivity contribution is 7.09. The van der Waals surface area contributed by atoms with E-state index in [0.29, 0.717) is 0 Å². The Balaban J connectivity index is 1.60. The van der Waals surface area contributed by atoms with Gasteiger partial charge < -0.3 is 4.90 Å². The fourth-order valence-electron chi connectivity index (χ4n) is 3.38.